The number of carbonyl (C=O) groups is 1. The molecule has 1 amide bonds. The van der Waals surface area contributed by atoms with Gasteiger partial charge in [0.15, 0.2) is 0 Å². The highest BCUT2D eigenvalue weighted by Gasteiger charge is 2.16. The average Bonchev–Trinajstić information content (AvgIpc) is 2.96. The van der Waals surface area contributed by atoms with E-state index in [0.717, 1.165) is 11.1 Å². The van der Waals surface area contributed by atoms with E-state index in [2.05, 4.69) is 10.4 Å². The van der Waals surface area contributed by atoms with Gasteiger partial charge in [0.25, 0.3) is 11.6 Å². The lowest BCUT2D eigenvalue weighted by Gasteiger charge is -2.20. The van der Waals surface area contributed by atoms with Gasteiger partial charge in [-0.25, -0.2) is 0 Å². The normalized spacial score (nSPS) is 11.5. The van der Waals surface area contributed by atoms with Gasteiger partial charge >= 0.3 is 0 Å². The van der Waals surface area contributed by atoms with Crippen molar-refractivity contribution in [1.82, 2.24) is 15.1 Å². The fourth-order valence-electron chi connectivity index (χ4n) is 2.71. The van der Waals surface area contributed by atoms with Crippen molar-refractivity contribution in [2.45, 2.75) is 32.9 Å². The van der Waals surface area contributed by atoms with E-state index in [0.29, 0.717) is 17.5 Å². The molecule has 0 aliphatic carbocycles. The maximum absolute atomic E-state index is 12.3. The SMILES string of the molecule is CC(C)(C)NC(=O)c1cccc(Cn2ncc3cc([N+](=O)[O-])ccc32)c1. The van der Waals surface area contributed by atoms with Crippen molar-refractivity contribution in [2.24, 2.45) is 0 Å². The lowest BCUT2D eigenvalue weighted by Crippen LogP contribution is -2.40. The molecule has 7 heteroatoms. The summed E-state index contributed by atoms with van der Waals surface area (Å²) in [6, 6.07) is 12.0. The highest BCUT2D eigenvalue weighted by Crippen LogP contribution is 2.21. The number of nitrogens with one attached hydrogen (secondary N) is 1. The highest BCUT2D eigenvalue weighted by molar-refractivity contribution is 5.94. The minimum Gasteiger partial charge on any atom is -0.347 e. The van der Waals surface area contributed by atoms with E-state index in [1.54, 1.807) is 23.0 Å². The second-order valence-corrected chi connectivity index (χ2v) is 7.21. The van der Waals surface area contributed by atoms with E-state index in [9.17, 15) is 14.9 Å². The molecule has 0 saturated carbocycles. The number of benzene rings is 2. The van der Waals surface area contributed by atoms with Crippen LogP contribution in [-0.2, 0) is 6.54 Å². The quantitative estimate of drug-likeness (QED) is 0.574. The van der Waals surface area contributed by atoms with E-state index in [1.807, 2.05) is 39.0 Å². The minimum absolute atomic E-state index is 0.0397. The number of carbonyl (C=O) groups excluding carboxylic acids is 1. The van der Waals surface area contributed by atoms with Crippen LogP contribution in [0.25, 0.3) is 10.9 Å². The van der Waals surface area contributed by atoms with Crippen LogP contribution in [0.4, 0.5) is 5.69 Å². The van der Waals surface area contributed by atoms with Gasteiger partial charge in [0.1, 0.15) is 0 Å². The minimum atomic E-state index is -0.423. The molecule has 0 aliphatic rings. The van der Waals surface area contributed by atoms with Gasteiger partial charge in [-0.2, -0.15) is 5.10 Å². The molecule has 0 radical (unpaired) electrons. The molecule has 0 aliphatic heterocycles. The lowest BCUT2D eigenvalue weighted by molar-refractivity contribution is -0.384. The smallest absolute Gasteiger partial charge is 0.270 e. The fraction of sp³-hybridized carbons (Fsp3) is 0.263. The Balaban J connectivity index is 1.85. The van der Waals surface area contributed by atoms with Crippen molar-refractivity contribution in [3.8, 4) is 0 Å². The highest BCUT2D eigenvalue weighted by atomic mass is 16.6. The summed E-state index contributed by atoms with van der Waals surface area (Å²) in [4.78, 5) is 22.8. The van der Waals surface area contributed by atoms with Gasteiger partial charge < -0.3 is 5.32 Å². The number of non-ortho nitro benzene ring substituents is 1. The summed E-state index contributed by atoms with van der Waals surface area (Å²) < 4.78 is 1.76. The van der Waals surface area contributed by atoms with Gasteiger partial charge in [0.05, 0.1) is 23.2 Å². The lowest BCUT2D eigenvalue weighted by atomic mass is 10.1. The zero-order valence-electron chi connectivity index (χ0n) is 14.9. The number of rotatable bonds is 4. The van der Waals surface area contributed by atoms with Crippen LogP contribution in [0.2, 0.25) is 0 Å². The van der Waals surface area contributed by atoms with Gasteiger partial charge in [0, 0.05) is 28.6 Å². The predicted octanol–water partition coefficient (Wildman–Crippen LogP) is 3.52. The number of nitrogens with zero attached hydrogens (tertiary/aromatic N) is 3. The van der Waals surface area contributed by atoms with Crippen LogP contribution in [0.3, 0.4) is 0 Å². The molecule has 0 saturated heterocycles. The van der Waals surface area contributed by atoms with Crippen LogP contribution < -0.4 is 5.32 Å². The van der Waals surface area contributed by atoms with E-state index in [-0.39, 0.29) is 17.1 Å². The molecular weight excluding hydrogens is 332 g/mol. The van der Waals surface area contributed by atoms with E-state index in [4.69, 9.17) is 0 Å². The number of nitro groups is 1. The molecule has 26 heavy (non-hydrogen) atoms. The Kier molecular flexibility index (Phi) is 4.46. The number of aromatic nitrogens is 2. The van der Waals surface area contributed by atoms with Crippen molar-refractivity contribution >= 4 is 22.5 Å². The maximum Gasteiger partial charge on any atom is 0.270 e. The van der Waals surface area contributed by atoms with E-state index < -0.39 is 4.92 Å². The molecule has 3 aromatic rings. The first kappa shape index (κ1) is 17.6. The van der Waals surface area contributed by atoms with Crippen molar-refractivity contribution in [2.75, 3.05) is 0 Å². The van der Waals surface area contributed by atoms with Crippen LogP contribution in [0.1, 0.15) is 36.7 Å². The van der Waals surface area contributed by atoms with E-state index >= 15 is 0 Å². The number of hydrogen-bond donors (Lipinski definition) is 1. The van der Waals surface area contributed by atoms with Crippen molar-refractivity contribution < 1.29 is 9.72 Å². The summed E-state index contributed by atoms with van der Waals surface area (Å²) >= 11 is 0. The Labute approximate surface area is 150 Å². The standard InChI is InChI=1S/C19H20N4O3/c1-19(2,3)21-18(24)14-6-4-5-13(9-14)12-22-17-8-7-16(23(25)26)10-15(17)11-20-22/h4-11H,12H2,1-3H3,(H,21,24). The summed E-state index contributed by atoms with van der Waals surface area (Å²) in [5, 5.41) is 18.9. The third kappa shape index (κ3) is 3.88. The molecule has 0 spiro atoms. The molecule has 0 atom stereocenters. The Bertz CT molecular complexity index is 986. The van der Waals surface area contributed by atoms with Crippen LogP contribution in [0, 0.1) is 10.1 Å². The first-order valence-electron chi connectivity index (χ1n) is 8.24. The molecule has 1 N–H and O–H groups in total. The average molecular weight is 352 g/mol. The maximum atomic E-state index is 12.3. The fourth-order valence-corrected chi connectivity index (χ4v) is 2.71. The summed E-state index contributed by atoms with van der Waals surface area (Å²) in [6.07, 6.45) is 1.61. The Morgan fingerprint density at radius 3 is 2.69 bits per heavy atom. The van der Waals surface area contributed by atoms with Gasteiger partial charge in [-0.1, -0.05) is 12.1 Å². The molecule has 0 unspecified atom stereocenters. The summed E-state index contributed by atoms with van der Waals surface area (Å²) in [5.74, 6) is -0.125. The molecule has 0 bridgehead atoms. The number of nitro benzene ring substituents is 1. The van der Waals surface area contributed by atoms with Gasteiger partial charge in [-0.15, -0.1) is 0 Å². The number of hydrogen-bond acceptors (Lipinski definition) is 4. The molecule has 0 fully saturated rings. The Hall–Kier alpha value is -3.22. The zero-order chi connectivity index (χ0) is 18.9. The Morgan fingerprint density at radius 1 is 1.23 bits per heavy atom. The van der Waals surface area contributed by atoms with Crippen LogP contribution in [-0.4, -0.2) is 26.1 Å². The second kappa shape index (κ2) is 6.59. The van der Waals surface area contributed by atoms with Crippen molar-refractivity contribution in [3.63, 3.8) is 0 Å². The molecule has 2 aromatic carbocycles. The molecule has 7 nitrogen and oxygen atoms in total. The second-order valence-electron chi connectivity index (χ2n) is 7.21. The molecule has 134 valence electrons. The molecule has 3 rings (SSSR count). The van der Waals surface area contributed by atoms with Crippen LogP contribution in [0.5, 0.6) is 0 Å². The van der Waals surface area contributed by atoms with Crippen molar-refractivity contribution in [1.29, 1.82) is 0 Å². The number of amides is 1. The molecule has 1 heterocycles. The molecular formula is C19H20N4O3. The van der Waals surface area contributed by atoms with Crippen LogP contribution in [0.15, 0.2) is 48.7 Å². The largest absolute Gasteiger partial charge is 0.347 e. The summed E-state index contributed by atoms with van der Waals surface area (Å²) in [7, 11) is 0. The van der Waals surface area contributed by atoms with Gasteiger partial charge in [-0.05, 0) is 44.5 Å². The Morgan fingerprint density at radius 2 is 2.00 bits per heavy atom. The zero-order valence-corrected chi connectivity index (χ0v) is 14.9. The van der Waals surface area contributed by atoms with Gasteiger partial charge in [-0.3, -0.25) is 19.6 Å². The van der Waals surface area contributed by atoms with Gasteiger partial charge in [0.2, 0.25) is 0 Å². The first-order chi connectivity index (χ1) is 12.2. The third-order valence-corrected chi connectivity index (χ3v) is 3.85. The van der Waals surface area contributed by atoms with Crippen molar-refractivity contribution in [3.05, 3.63) is 69.9 Å². The van der Waals surface area contributed by atoms with E-state index in [1.165, 1.54) is 12.1 Å². The topological polar surface area (TPSA) is 90.1 Å². The third-order valence-electron chi connectivity index (χ3n) is 3.85. The first-order valence-corrected chi connectivity index (χ1v) is 8.24. The summed E-state index contributed by atoms with van der Waals surface area (Å²) in [6.45, 7) is 6.27. The number of fused-ring (bicyclic) bond motifs is 1. The van der Waals surface area contributed by atoms with Crippen LogP contribution >= 0.6 is 0 Å². The predicted molar refractivity (Wildman–Crippen MR) is 99.2 cm³/mol. The summed E-state index contributed by atoms with van der Waals surface area (Å²) in [5.41, 5.74) is 2.05. The monoisotopic (exact) mass is 352 g/mol. The molecule has 1 aromatic heterocycles.